The Labute approximate surface area is 100 Å². The zero-order valence-electron chi connectivity index (χ0n) is 8.20. The van der Waals surface area contributed by atoms with Gasteiger partial charge in [0.1, 0.15) is 5.65 Å². The van der Waals surface area contributed by atoms with Crippen LogP contribution in [0.4, 0.5) is 5.69 Å². The zero-order valence-corrected chi connectivity index (χ0v) is 10.4. The van der Waals surface area contributed by atoms with Crippen molar-refractivity contribution in [1.29, 1.82) is 0 Å². The van der Waals surface area contributed by atoms with Crippen LogP contribution in [-0.4, -0.2) is 9.55 Å². The van der Waals surface area contributed by atoms with Gasteiger partial charge in [-0.25, -0.2) is 4.98 Å². The van der Waals surface area contributed by atoms with E-state index in [1.54, 1.807) is 12.3 Å². The van der Waals surface area contributed by atoms with Crippen molar-refractivity contribution in [3.63, 3.8) is 0 Å². The highest BCUT2D eigenvalue weighted by Gasteiger charge is 2.07. The number of halogens is 1. The molecule has 2 aromatic rings. The maximum atomic E-state index is 11.8. The Hall–Kier alpha value is -1.11. The Morgan fingerprint density at radius 3 is 3.00 bits per heavy atom. The average molecular weight is 315 g/mol. The fraction of sp³-hybridized carbons (Fsp3) is 0.200. The summed E-state index contributed by atoms with van der Waals surface area (Å²) in [4.78, 5) is 16.0. The van der Waals surface area contributed by atoms with Gasteiger partial charge in [-0.1, -0.05) is 0 Å². The van der Waals surface area contributed by atoms with Crippen LogP contribution in [0.5, 0.6) is 0 Å². The number of hydrogen-bond acceptors (Lipinski definition) is 3. The molecule has 2 rings (SSSR count). The first kappa shape index (κ1) is 10.4. The van der Waals surface area contributed by atoms with Crippen molar-refractivity contribution < 1.29 is 0 Å². The maximum Gasteiger partial charge on any atom is 0.204 e. The molecular weight excluding hydrogens is 305 g/mol. The molecule has 0 aromatic carbocycles. The van der Waals surface area contributed by atoms with Crippen LogP contribution in [0, 0.1) is 3.57 Å². The van der Waals surface area contributed by atoms with Crippen molar-refractivity contribution in [2.75, 3.05) is 5.73 Å². The first-order chi connectivity index (χ1) is 7.13. The largest absolute Gasteiger partial charge is 0.397 e. The van der Waals surface area contributed by atoms with E-state index in [0.29, 0.717) is 20.3 Å². The van der Waals surface area contributed by atoms with Crippen molar-refractivity contribution in [1.82, 2.24) is 9.55 Å². The van der Waals surface area contributed by atoms with Crippen LogP contribution in [0.1, 0.15) is 6.92 Å². The molecule has 0 bridgehead atoms. The molecule has 5 heteroatoms. The summed E-state index contributed by atoms with van der Waals surface area (Å²) in [5, 5.41) is 0.587. The molecular formula is C10H10IN3O. The lowest BCUT2D eigenvalue weighted by atomic mass is 10.2. The predicted octanol–water partition coefficient (Wildman–Crippen LogP) is 1.60. The Bertz CT molecular complexity index is 577. The number of pyridine rings is 2. The number of aryl methyl sites for hydroxylation is 1. The lowest BCUT2D eigenvalue weighted by Crippen LogP contribution is -2.13. The molecule has 0 spiro atoms. The van der Waals surface area contributed by atoms with Crippen molar-refractivity contribution in [3.8, 4) is 0 Å². The molecule has 78 valence electrons. The summed E-state index contributed by atoms with van der Waals surface area (Å²) in [6.45, 7) is 2.79. The van der Waals surface area contributed by atoms with E-state index >= 15 is 0 Å². The van der Waals surface area contributed by atoms with Crippen molar-refractivity contribution in [2.45, 2.75) is 13.5 Å². The molecule has 2 heterocycles. The highest BCUT2D eigenvalue weighted by molar-refractivity contribution is 14.1. The number of nitrogen functional groups attached to an aromatic ring is 1. The summed E-state index contributed by atoms with van der Waals surface area (Å²) in [6, 6.07) is 1.68. The second kappa shape index (κ2) is 3.80. The van der Waals surface area contributed by atoms with Crippen LogP contribution in [0.25, 0.3) is 11.0 Å². The average Bonchev–Trinajstić information content (AvgIpc) is 2.23. The third kappa shape index (κ3) is 1.71. The van der Waals surface area contributed by atoms with E-state index in [1.807, 2.05) is 40.3 Å². The Kier molecular flexibility index (Phi) is 2.64. The van der Waals surface area contributed by atoms with Gasteiger partial charge in [0.2, 0.25) is 5.43 Å². The van der Waals surface area contributed by atoms with Crippen LogP contribution < -0.4 is 11.2 Å². The smallest absolute Gasteiger partial charge is 0.204 e. The molecule has 0 aliphatic heterocycles. The maximum absolute atomic E-state index is 11.8. The molecule has 0 atom stereocenters. The zero-order chi connectivity index (χ0) is 11.0. The molecule has 0 aliphatic rings. The lowest BCUT2D eigenvalue weighted by molar-refractivity contribution is 0.774. The summed E-state index contributed by atoms with van der Waals surface area (Å²) in [6.07, 6.45) is 3.38. The standard InChI is InChI=1S/C10H10IN3O/c1-2-14-5-8(11)9(15)7-3-6(12)4-13-10(7)14/h3-5H,2,12H2,1H3. The topological polar surface area (TPSA) is 60.9 Å². The molecule has 0 aliphatic carbocycles. The molecule has 0 fully saturated rings. The van der Waals surface area contributed by atoms with Gasteiger partial charge in [0.15, 0.2) is 0 Å². The highest BCUT2D eigenvalue weighted by Crippen LogP contribution is 2.13. The van der Waals surface area contributed by atoms with Gasteiger partial charge in [-0.2, -0.15) is 0 Å². The van der Waals surface area contributed by atoms with E-state index in [9.17, 15) is 4.79 Å². The Morgan fingerprint density at radius 1 is 1.60 bits per heavy atom. The molecule has 4 nitrogen and oxygen atoms in total. The van der Waals surface area contributed by atoms with E-state index < -0.39 is 0 Å². The van der Waals surface area contributed by atoms with Crippen molar-refractivity contribution in [2.24, 2.45) is 0 Å². The Balaban J connectivity index is 2.96. The summed E-state index contributed by atoms with van der Waals surface area (Å²) in [7, 11) is 0. The summed E-state index contributed by atoms with van der Waals surface area (Å²) < 4.78 is 2.63. The van der Waals surface area contributed by atoms with Gasteiger partial charge in [-0.15, -0.1) is 0 Å². The fourth-order valence-electron chi connectivity index (χ4n) is 1.50. The molecule has 0 radical (unpaired) electrons. The number of anilines is 1. The third-order valence-electron chi connectivity index (χ3n) is 2.23. The van der Waals surface area contributed by atoms with Gasteiger partial charge in [-0.05, 0) is 35.6 Å². The minimum atomic E-state index is -0.00454. The number of nitrogens with two attached hydrogens (primary N) is 1. The van der Waals surface area contributed by atoms with Gasteiger partial charge in [-0.3, -0.25) is 4.79 Å². The monoisotopic (exact) mass is 315 g/mol. The molecule has 2 aromatic heterocycles. The first-order valence-corrected chi connectivity index (χ1v) is 5.65. The van der Waals surface area contributed by atoms with E-state index in [0.717, 1.165) is 6.54 Å². The minimum absolute atomic E-state index is 0.00454. The van der Waals surface area contributed by atoms with Gasteiger partial charge in [0.05, 0.1) is 20.8 Å². The second-order valence-electron chi connectivity index (χ2n) is 3.23. The second-order valence-corrected chi connectivity index (χ2v) is 4.39. The normalized spacial score (nSPS) is 10.8. The SMILES string of the molecule is CCn1cc(I)c(=O)c2cc(N)cnc21. The molecule has 0 amide bonds. The van der Waals surface area contributed by atoms with Gasteiger partial charge < -0.3 is 10.3 Å². The van der Waals surface area contributed by atoms with Gasteiger partial charge in [0.25, 0.3) is 0 Å². The number of hydrogen-bond donors (Lipinski definition) is 1. The molecule has 0 unspecified atom stereocenters. The van der Waals surface area contributed by atoms with Crippen molar-refractivity contribution in [3.05, 3.63) is 32.3 Å². The number of fused-ring (bicyclic) bond motifs is 1. The first-order valence-electron chi connectivity index (χ1n) is 4.57. The van der Waals surface area contributed by atoms with Crippen LogP contribution in [0.15, 0.2) is 23.3 Å². The number of aromatic nitrogens is 2. The third-order valence-corrected chi connectivity index (χ3v) is 3.00. The Morgan fingerprint density at radius 2 is 2.33 bits per heavy atom. The number of rotatable bonds is 1. The van der Waals surface area contributed by atoms with E-state index in [2.05, 4.69) is 4.98 Å². The fourth-order valence-corrected chi connectivity index (χ4v) is 2.12. The predicted molar refractivity (Wildman–Crippen MR) is 68.8 cm³/mol. The van der Waals surface area contributed by atoms with Crippen LogP contribution in [0.3, 0.4) is 0 Å². The molecule has 2 N–H and O–H groups in total. The van der Waals surface area contributed by atoms with Gasteiger partial charge >= 0.3 is 0 Å². The van der Waals surface area contributed by atoms with Crippen LogP contribution in [-0.2, 0) is 6.54 Å². The molecule has 0 saturated heterocycles. The molecule has 0 saturated carbocycles. The minimum Gasteiger partial charge on any atom is -0.397 e. The van der Waals surface area contributed by atoms with Gasteiger partial charge in [0, 0.05) is 12.7 Å². The van der Waals surface area contributed by atoms with E-state index in [-0.39, 0.29) is 5.43 Å². The van der Waals surface area contributed by atoms with Crippen LogP contribution in [0.2, 0.25) is 0 Å². The lowest BCUT2D eigenvalue weighted by Gasteiger charge is -2.08. The highest BCUT2D eigenvalue weighted by atomic mass is 127. The molecule has 15 heavy (non-hydrogen) atoms. The quantitative estimate of drug-likeness (QED) is 0.813. The number of nitrogens with zero attached hydrogens (tertiary/aromatic N) is 2. The van der Waals surface area contributed by atoms with E-state index in [4.69, 9.17) is 5.73 Å². The summed E-state index contributed by atoms with van der Waals surface area (Å²) in [5.41, 5.74) is 6.83. The van der Waals surface area contributed by atoms with Crippen molar-refractivity contribution >= 4 is 39.3 Å². The summed E-state index contributed by atoms with van der Waals surface area (Å²) >= 11 is 2.03. The van der Waals surface area contributed by atoms with E-state index in [1.165, 1.54) is 0 Å². The summed E-state index contributed by atoms with van der Waals surface area (Å²) in [5.74, 6) is 0. The van der Waals surface area contributed by atoms with Crippen LogP contribution >= 0.6 is 22.6 Å².